The fourth-order valence-electron chi connectivity index (χ4n) is 2.37. The number of esters is 1. The van der Waals surface area contributed by atoms with Crippen molar-refractivity contribution in [3.8, 4) is 6.07 Å². The molecule has 0 amide bonds. The second kappa shape index (κ2) is 6.07. The monoisotopic (exact) mass is 321 g/mol. The smallest absolute Gasteiger partial charge is 0.350 e. The fraction of sp³-hybridized carbons (Fsp3) is 0.385. The Morgan fingerprint density at radius 2 is 2.35 bits per heavy atom. The minimum absolute atomic E-state index is 0.0406. The summed E-state index contributed by atoms with van der Waals surface area (Å²) in [4.78, 5) is 26.6. The zero-order valence-corrected chi connectivity index (χ0v) is 12.0. The molecule has 0 spiro atoms. The molecule has 0 aromatic carbocycles. The van der Waals surface area contributed by atoms with Crippen LogP contribution in [0.5, 0.6) is 0 Å². The van der Waals surface area contributed by atoms with E-state index in [0.29, 0.717) is 0 Å². The molecule has 2 atom stereocenters. The van der Waals surface area contributed by atoms with E-state index in [1.807, 2.05) is 6.07 Å². The second-order valence-corrected chi connectivity index (χ2v) is 4.97. The average molecular weight is 321 g/mol. The van der Waals surface area contributed by atoms with E-state index in [1.165, 1.54) is 12.3 Å². The molecule has 6 N–H and O–H groups in total. The van der Waals surface area contributed by atoms with Crippen molar-refractivity contribution in [1.82, 2.24) is 9.55 Å². The van der Waals surface area contributed by atoms with Crippen molar-refractivity contribution in [3.05, 3.63) is 34.1 Å². The normalized spacial score (nSPS) is 23.6. The molecule has 0 saturated heterocycles. The molecule has 1 aromatic heterocycles. The maximum absolute atomic E-state index is 12.0. The summed E-state index contributed by atoms with van der Waals surface area (Å²) in [5, 5.41) is 29.7. The first-order valence-electron chi connectivity index (χ1n) is 6.57. The molecule has 23 heavy (non-hydrogen) atoms. The topological polar surface area (TPSA) is 177 Å². The largest absolute Gasteiger partial charge is 0.509 e. The number of anilines is 1. The molecule has 1 aliphatic rings. The van der Waals surface area contributed by atoms with E-state index in [4.69, 9.17) is 16.2 Å². The zero-order chi connectivity index (χ0) is 17.2. The van der Waals surface area contributed by atoms with Crippen LogP contribution in [0.4, 0.5) is 5.82 Å². The molecular weight excluding hydrogens is 306 g/mol. The molecular formula is C13H15N5O5. The third kappa shape index (κ3) is 2.75. The van der Waals surface area contributed by atoms with Crippen molar-refractivity contribution in [3.63, 3.8) is 0 Å². The lowest BCUT2D eigenvalue weighted by molar-refractivity contribution is -0.141. The van der Waals surface area contributed by atoms with Gasteiger partial charge in [0, 0.05) is 18.2 Å². The molecule has 1 aliphatic carbocycles. The standard InChI is InChI=1S/C13H15N5O5/c14-4-9(19)23-5-7-3-13(6-15,11(21)10(7)20)18-2-1-8(16)17-12(18)22/h1-2,11,20-21H,3-5,14H2,(H2,16,17,22)/t11?,13-/m0/s1. The Bertz CT molecular complexity index is 765. The van der Waals surface area contributed by atoms with Gasteiger partial charge in [-0.15, -0.1) is 0 Å². The van der Waals surface area contributed by atoms with Crippen molar-refractivity contribution in [2.45, 2.75) is 18.1 Å². The van der Waals surface area contributed by atoms with Crippen LogP contribution in [0.3, 0.4) is 0 Å². The van der Waals surface area contributed by atoms with Gasteiger partial charge in [-0.3, -0.25) is 9.36 Å². The van der Waals surface area contributed by atoms with Gasteiger partial charge >= 0.3 is 11.7 Å². The van der Waals surface area contributed by atoms with Gasteiger partial charge in [0.15, 0.2) is 5.54 Å². The van der Waals surface area contributed by atoms with Crippen LogP contribution >= 0.6 is 0 Å². The first kappa shape index (κ1) is 16.5. The second-order valence-electron chi connectivity index (χ2n) is 4.97. The number of nitrogens with zero attached hydrogens (tertiary/aromatic N) is 3. The SMILES string of the molecule is N#C[C@@]1(n2ccc(N)nc2=O)CC(COC(=O)CN)=C(O)C1O. The number of nitrogens with two attached hydrogens (primary N) is 2. The molecule has 2 rings (SSSR count). The van der Waals surface area contributed by atoms with Crippen LogP contribution in [0.15, 0.2) is 28.4 Å². The number of aliphatic hydroxyl groups is 2. The number of nitriles is 1. The van der Waals surface area contributed by atoms with Gasteiger partial charge in [-0.05, 0) is 6.07 Å². The summed E-state index contributed by atoms with van der Waals surface area (Å²) in [5.74, 6) is -1.28. The molecule has 1 aromatic rings. The molecule has 0 saturated carbocycles. The first-order chi connectivity index (χ1) is 10.9. The van der Waals surface area contributed by atoms with E-state index in [2.05, 4.69) is 4.98 Å². The van der Waals surface area contributed by atoms with Crippen LogP contribution in [-0.2, 0) is 15.1 Å². The highest BCUT2D eigenvalue weighted by atomic mass is 16.5. The molecule has 0 fully saturated rings. The maximum atomic E-state index is 12.0. The van der Waals surface area contributed by atoms with Gasteiger partial charge in [0.25, 0.3) is 0 Å². The van der Waals surface area contributed by atoms with Crippen LogP contribution in [-0.4, -0.2) is 45.0 Å². The third-order valence-electron chi connectivity index (χ3n) is 3.58. The summed E-state index contributed by atoms with van der Waals surface area (Å²) < 4.78 is 5.68. The Morgan fingerprint density at radius 3 is 2.91 bits per heavy atom. The Kier molecular flexibility index (Phi) is 4.35. The summed E-state index contributed by atoms with van der Waals surface area (Å²) in [6, 6.07) is 3.12. The summed E-state index contributed by atoms with van der Waals surface area (Å²) >= 11 is 0. The highest BCUT2D eigenvalue weighted by Gasteiger charge is 2.50. The molecule has 10 heteroatoms. The Hall–Kier alpha value is -2.90. The predicted octanol–water partition coefficient (Wildman–Crippen LogP) is -1.88. The van der Waals surface area contributed by atoms with E-state index >= 15 is 0 Å². The number of hydrogen-bond donors (Lipinski definition) is 4. The summed E-state index contributed by atoms with van der Waals surface area (Å²) in [5.41, 5.74) is 7.97. The van der Waals surface area contributed by atoms with Gasteiger partial charge in [0.05, 0.1) is 12.6 Å². The Labute approximate surface area is 130 Å². The van der Waals surface area contributed by atoms with Crippen LogP contribution < -0.4 is 17.2 Å². The van der Waals surface area contributed by atoms with Gasteiger partial charge in [-0.25, -0.2) is 4.79 Å². The highest BCUT2D eigenvalue weighted by molar-refractivity contribution is 5.71. The molecule has 0 bridgehead atoms. The number of hydrogen-bond acceptors (Lipinski definition) is 9. The molecule has 0 radical (unpaired) electrons. The quantitative estimate of drug-likeness (QED) is 0.462. The summed E-state index contributed by atoms with van der Waals surface area (Å²) in [7, 11) is 0. The maximum Gasteiger partial charge on any atom is 0.350 e. The van der Waals surface area contributed by atoms with Gasteiger partial charge in [-0.1, -0.05) is 0 Å². The van der Waals surface area contributed by atoms with E-state index in [0.717, 1.165) is 4.57 Å². The number of carbonyl (C=O) groups is 1. The Balaban J connectivity index is 2.37. The predicted molar refractivity (Wildman–Crippen MR) is 76.8 cm³/mol. The number of aliphatic hydroxyl groups excluding tert-OH is 2. The van der Waals surface area contributed by atoms with E-state index in [9.17, 15) is 25.1 Å². The lowest BCUT2D eigenvalue weighted by Gasteiger charge is -2.27. The molecule has 0 aliphatic heterocycles. The first-order valence-corrected chi connectivity index (χ1v) is 6.57. The van der Waals surface area contributed by atoms with E-state index in [1.54, 1.807) is 0 Å². The Morgan fingerprint density at radius 1 is 1.65 bits per heavy atom. The molecule has 122 valence electrons. The zero-order valence-electron chi connectivity index (χ0n) is 12.0. The average Bonchev–Trinajstić information content (AvgIpc) is 2.78. The molecule has 1 unspecified atom stereocenters. The lowest BCUT2D eigenvalue weighted by atomic mass is 9.94. The minimum Gasteiger partial charge on any atom is -0.509 e. The number of aromatic nitrogens is 2. The lowest BCUT2D eigenvalue weighted by Crippen LogP contribution is -2.47. The van der Waals surface area contributed by atoms with Gasteiger partial charge in [-0.2, -0.15) is 10.2 Å². The van der Waals surface area contributed by atoms with Gasteiger partial charge < -0.3 is 26.4 Å². The third-order valence-corrected chi connectivity index (χ3v) is 3.58. The highest BCUT2D eigenvalue weighted by Crippen LogP contribution is 2.39. The van der Waals surface area contributed by atoms with Crippen LogP contribution in [0.2, 0.25) is 0 Å². The van der Waals surface area contributed by atoms with Gasteiger partial charge in [0.1, 0.15) is 24.3 Å². The molecule has 10 nitrogen and oxygen atoms in total. The summed E-state index contributed by atoms with van der Waals surface area (Å²) in [6.07, 6.45) is -0.693. The van der Waals surface area contributed by atoms with Crippen molar-refractivity contribution in [2.24, 2.45) is 5.73 Å². The fourth-order valence-corrected chi connectivity index (χ4v) is 2.37. The van der Waals surface area contributed by atoms with Crippen molar-refractivity contribution in [1.29, 1.82) is 5.26 Å². The minimum atomic E-state index is -1.80. The number of nitrogen functional groups attached to an aromatic ring is 1. The van der Waals surface area contributed by atoms with Gasteiger partial charge in [0.2, 0.25) is 0 Å². The van der Waals surface area contributed by atoms with E-state index < -0.39 is 29.1 Å². The number of rotatable bonds is 4. The van der Waals surface area contributed by atoms with Crippen molar-refractivity contribution in [2.75, 3.05) is 18.9 Å². The van der Waals surface area contributed by atoms with Crippen molar-refractivity contribution >= 4 is 11.8 Å². The van der Waals surface area contributed by atoms with Crippen LogP contribution in [0.1, 0.15) is 6.42 Å². The van der Waals surface area contributed by atoms with Crippen LogP contribution in [0, 0.1) is 11.3 Å². The molecule has 1 heterocycles. The van der Waals surface area contributed by atoms with Crippen molar-refractivity contribution < 1.29 is 19.7 Å². The number of carbonyl (C=O) groups excluding carboxylic acids is 1. The number of ether oxygens (including phenoxy) is 1. The van der Waals surface area contributed by atoms with E-state index in [-0.39, 0.29) is 31.0 Å². The summed E-state index contributed by atoms with van der Waals surface area (Å²) in [6.45, 7) is -0.694. The van der Waals surface area contributed by atoms with Crippen LogP contribution in [0.25, 0.3) is 0 Å².